The summed E-state index contributed by atoms with van der Waals surface area (Å²) in [6.45, 7) is 0. The number of amides is 1. The van der Waals surface area contributed by atoms with E-state index in [0.717, 1.165) is 31.2 Å². The van der Waals surface area contributed by atoms with Crippen LogP contribution in [0.1, 0.15) is 42.6 Å². The van der Waals surface area contributed by atoms with E-state index in [1.54, 1.807) is 6.07 Å². The zero-order valence-corrected chi connectivity index (χ0v) is 14.9. The van der Waals surface area contributed by atoms with Crippen molar-refractivity contribution < 1.29 is 9.32 Å². The number of fused-ring (bicyclic) bond motifs is 2. The van der Waals surface area contributed by atoms with Crippen LogP contribution in [0, 0.1) is 11.8 Å². The van der Waals surface area contributed by atoms with Crippen LogP contribution < -0.4 is 11.1 Å². The number of hydrogen-bond acceptors (Lipinski definition) is 4. The van der Waals surface area contributed by atoms with Gasteiger partial charge in [-0.2, -0.15) is 0 Å². The van der Waals surface area contributed by atoms with Crippen molar-refractivity contribution in [2.45, 2.75) is 44.2 Å². The molecule has 2 fully saturated rings. The maximum Gasteiger partial charge on any atom is 0.273 e. The molecule has 2 aliphatic carbocycles. The minimum Gasteiger partial charge on any atom is -0.355 e. The Bertz CT molecular complexity index is 704. The Labute approximate surface area is 153 Å². The lowest BCUT2D eigenvalue weighted by Gasteiger charge is -2.45. The topological polar surface area (TPSA) is 81.1 Å². The number of halogens is 1. The fraction of sp³-hybridized carbons (Fsp3) is 0.474. The van der Waals surface area contributed by atoms with Gasteiger partial charge in [0.1, 0.15) is 0 Å². The zero-order chi connectivity index (χ0) is 16.5. The molecule has 2 saturated carbocycles. The van der Waals surface area contributed by atoms with Crippen molar-refractivity contribution in [1.82, 2.24) is 10.5 Å². The fourth-order valence-electron chi connectivity index (χ4n) is 4.37. The molecule has 0 spiro atoms. The van der Waals surface area contributed by atoms with Gasteiger partial charge in [0.15, 0.2) is 11.5 Å². The second kappa shape index (κ2) is 7.58. The van der Waals surface area contributed by atoms with Gasteiger partial charge in [-0.05, 0) is 37.5 Å². The molecule has 2 bridgehead atoms. The van der Waals surface area contributed by atoms with E-state index in [1.165, 1.54) is 6.42 Å². The van der Waals surface area contributed by atoms with Gasteiger partial charge in [-0.25, -0.2) is 0 Å². The summed E-state index contributed by atoms with van der Waals surface area (Å²) < 4.78 is 5.34. The molecule has 4 rings (SSSR count). The van der Waals surface area contributed by atoms with E-state index in [4.69, 9.17) is 10.3 Å². The third-order valence-corrected chi connectivity index (χ3v) is 5.48. The molecule has 1 amide bonds. The van der Waals surface area contributed by atoms with Crippen LogP contribution in [0.3, 0.4) is 0 Å². The van der Waals surface area contributed by atoms with Crippen molar-refractivity contribution in [3.8, 4) is 11.3 Å². The Morgan fingerprint density at radius 1 is 1.16 bits per heavy atom. The van der Waals surface area contributed by atoms with Crippen LogP contribution in [0.25, 0.3) is 11.3 Å². The highest BCUT2D eigenvalue weighted by Crippen LogP contribution is 2.39. The van der Waals surface area contributed by atoms with Crippen molar-refractivity contribution in [3.05, 3.63) is 42.1 Å². The van der Waals surface area contributed by atoms with Crippen molar-refractivity contribution in [2.24, 2.45) is 17.6 Å². The number of carbonyl (C=O) groups excluding carboxylic acids is 1. The second-order valence-electron chi connectivity index (χ2n) is 7.12. The lowest BCUT2D eigenvalue weighted by Crippen LogP contribution is -2.53. The third kappa shape index (κ3) is 3.72. The van der Waals surface area contributed by atoms with Crippen LogP contribution in [-0.2, 0) is 0 Å². The molecule has 0 saturated heterocycles. The average Bonchev–Trinajstić information content (AvgIpc) is 3.07. The largest absolute Gasteiger partial charge is 0.355 e. The van der Waals surface area contributed by atoms with Gasteiger partial charge in [-0.15, -0.1) is 12.4 Å². The summed E-state index contributed by atoms with van der Waals surface area (Å²) in [7, 11) is 0. The highest BCUT2D eigenvalue weighted by molar-refractivity contribution is 5.93. The van der Waals surface area contributed by atoms with Crippen LogP contribution in [0.4, 0.5) is 0 Å². The molecule has 1 aromatic heterocycles. The molecule has 1 aromatic carbocycles. The number of nitrogens with one attached hydrogen (secondary N) is 1. The normalized spacial score (nSPS) is 28.0. The molecule has 3 N–H and O–H groups in total. The van der Waals surface area contributed by atoms with Crippen molar-refractivity contribution in [1.29, 1.82) is 0 Å². The maximum absolute atomic E-state index is 12.6. The van der Waals surface area contributed by atoms with Crippen LogP contribution >= 0.6 is 12.4 Å². The van der Waals surface area contributed by atoms with Gasteiger partial charge in [-0.1, -0.05) is 41.9 Å². The second-order valence-corrected chi connectivity index (χ2v) is 7.12. The molecule has 2 aliphatic rings. The Kier molecular flexibility index (Phi) is 5.45. The average molecular weight is 362 g/mol. The SMILES string of the molecule is Cl.NC1CC2CCCC(C1)C2NC(=O)c1cc(-c2ccccc2)on1. The van der Waals surface area contributed by atoms with E-state index in [9.17, 15) is 4.79 Å². The first-order valence-corrected chi connectivity index (χ1v) is 8.79. The summed E-state index contributed by atoms with van der Waals surface area (Å²) in [5.41, 5.74) is 7.43. The molecule has 2 atom stereocenters. The van der Waals surface area contributed by atoms with Gasteiger partial charge in [0.2, 0.25) is 0 Å². The van der Waals surface area contributed by atoms with Gasteiger partial charge < -0.3 is 15.6 Å². The van der Waals surface area contributed by atoms with E-state index in [-0.39, 0.29) is 30.4 Å². The number of nitrogens with zero attached hydrogens (tertiary/aromatic N) is 1. The Morgan fingerprint density at radius 3 is 2.52 bits per heavy atom. The van der Waals surface area contributed by atoms with Crippen LogP contribution in [0.2, 0.25) is 0 Å². The minimum absolute atomic E-state index is 0. The first kappa shape index (κ1) is 18.0. The van der Waals surface area contributed by atoms with Crippen molar-refractivity contribution >= 4 is 18.3 Å². The highest BCUT2D eigenvalue weighted by atomic mass is 35.5. The molecule has 0 aliphatic heterocycles. The summed E-state index contributed by atoms with van der Waals surface area (Å²) in [5.74, 6) is 1.47. The summed E-state index contributed by atoms with van der Waals surface area (Å²) in [6.07, 6.45) is 5.58. The monoisotopic (exact) mass is 361 g/mol. The van der Waals surface area contributed by atoms with Gasteiger partial charge in [0.05, 0.1) is 0 Å². The highest BCUT2D eigenvalue weighted by Gasteiger charge is 2.40. The van der Waals surface area contributed by atoms with Crippen LogP contribution in [-0.4, -0.2) is 23.1 Å². The molecule has 2 aromatic rings. The summed E-state index contributed by atoms with van der Waals surface area (Å²) in [4.78, 5) is 12.6. The van der Waals surface area contributed by atoms with Crippen molar-refractivity contribution in [3.63, 3.8) is 0 Å². The quantitative estimate of drug-likeness (QED) is 0.877. The van der Waals surface area contributed by atoms with E-state index in [0.29, 0.717) is 23.3 Å². The van der Waals surface area contributed by atoms with E-state index in [1.807, 2.05) is 30.3 Å². The first-order chi connectivity index (χ1) is 11.7. The standard InChI is InChI=1S/C19H23N3O2.ClH/c20-15-9-13-7-4-8-14(10-15)18(13)21-19(23)16-11-17(24-22-16)12-5-2-1-3-6-12;/h1-3,5-6,11,13-15,18H,4,7-10,20H2,(H,21,23);1H. The molecule has 6 heteroatoms. The van der Waals surface area contributed by atoms with Crippen LogP contribution in [0.5, 0.6) is 0 Å². The van der Waals surface area contributed by atoms with E-state index < -0.39 is 0 Å². The first-order valence-electron chi connectivity index (χ1n) is 8.79. The number of hydrogen-bond donors (Lipinski definition) is 2. The molecule has 1 heterocycles. The van der Waals surface area contributed by atoms with Gasteiger partial charge in [-0.3, -0.25) is 4.79 Å². The van der Waals surface area contributed by atoms with Gasteiger partial charge >= 0.3 is 0 Å². The summed E-state index contributed by atoms with van der Waals surface area (Å²) in [6, 6.07) is 11.9. The molecular weight excluding hydrogens is 338 g/mol. The number of nitrogens with two attached hydrogens (primary N) is 1. The number of aromatic nitrogens is 1. The lowest BCUT2D eigenvalue weighted by atomic mass is 9.67. The van der Waals surface area contributed by atoms with Crippen LogP contribution in [0.15, 0.2) is 40.9 Å². The molecule has 5 nitrogen and oxygen atoms in total. The van der Waals surface area contributed by atoms with Crippen molar-refractivity contribution in [2.75, 3.05) is 0 Å². The van der Waals surface area contributed by atoms with Gasteiger partial charge in [0.25, 0.3) is 5.91 Å². The number of benzene rings is 1. The number of carbonyl (C=O) groups is 1. The molecule has 134 valence electrons. The fourth-order valence-corrected chi connectivity index (χ4v) is 4.37. The van der Waals surface area contributed by atoms with Gasteiger partial charge in [0, 0.05) is 23.7 Å². The predicted octanol–water partition coefficient (Wildman–Crippen LogP) is 3.40. The summed E-state index contributed by atoms with van der Waals surface area (Å²) >= 11 is 0. The smallest absolute Gasteiger partial charge is 0.273 e. The number of rotatable bonds is 3. The molecule has 2 unspecified atom stereocenters. The molecule has 0 radical (unpaired) electrons. The molecule has 25 heavy (non-hydrogen) atoms. The van der Waals surface area contributed by atoms with E-state index in [2.05, 4.69) is 10.5 Å². The minimum atomic E-state index is -0.140. The predicted molar refractivity (Wildman–Crippen MR) is 98.5 cm³/mol. The Balaban J connectivity index is 0.00000182. The lowest BCUT2D eigenvalue weighted by molar-refractivity contribution is 0.0748. The van der Waals surface area contributed by atoms with E-state index >= 15 is 0 Å². The Hall–Kier alpha value is -1.85. The molecular formula is C19H24ClN3O2. The Morgan fingerprint density at radius 2 is 1.84 bits per heavy atom. The summed E-state index contributed by atoms with van der Waals surface area (Å²) in [5, 5.41) is 7.16. The maximum atomic E-state index is 12.6. The third-order valence-electron chi connectivity index (χ3n) is 5.48. The zero-order valence-electron chi connectivity index (χ0n) is 14.1.